The molecule has 3 aliphatic rings. The van der Waals surface area contributed by atoms with E-state index in [1.807, 2.05) is 6.07 Å². The molecule has 0 amide bonds. The number of hydrogen-bond donors (Lipinski definition) is 0. The zero-order valence-electron chi connectivity index (χ0n) is 20.5. The molecule has 3 aliphatic carbocycles. The third kappa shape index (κ3) is 5.24. The summed E-state index contributed by atoms with van der Waals surface area (Å²) in [5.41, 5.74) is 3.09. The lowest BCUT2D eigenvalue weighted by Gasteiger charge is -2.38. The summed E-state index contributed by atoms with van der Waals surface area (Å²) >= 11 is 0. The molecule has 0 unspecified atom stereocenters. The molecule has 0 N–H and O–H groups in total. The maximum absolute atomic E-state index is 15.1. The van der Waals surface area contributed by atoms with Crippen LogP contribution in [0.5, 0.6) is 0 Å². The molecule has 0 atom stereocenters. The van der Waals surface area contributed by atoms with E-state index in [0.29, 0.717) is 17.8 Å². The molecule has 3 heteroatoms. The van der Waals surface area contributed by atoms with Crippen molar-refractivity contribution in [1.29, 1.82) is 0 Å². The summed E-state index contributed by atoms with van der Waals surface area (Å²) in [6.07, 6.45) is 13.9. The van der Waals surface area contributed by atoms with Crippen molar-refractivity contribution in [3.8, 4) is 0 Å². The Morgan fingerprint density at radius 1 is 0.500 bits per heavy atom. The summed E-state index contributed by atoms with van der Waals surface area (Å²) < 4.78 is 42.0. The first-order valence-corrected chi connectivity index (χ1v) is 13.7. The topological polar surface area (TPSA) is 0 Å². The van der Waals surface area contributed by atoms with Gasteiger partial charge in [0.05, 0.1) is 0 Å². The van der Waals surface area contributed by atoms with Crippen molar-refractivity contribution in [3.63, 3.8) is 0 Å². The minimum absolute atomic E-state index is 0.0200. The van der Waals surface area contributed by atoms with E-state index in [1.165, 1.54) is 69.1 Å². The average molecular weight is 469 g/mol. The number of rotatable bonds is 4. The summed E-state index contributed by atoms with van der Waals surface area (Å²) in [5.74, 6) is 2.05. The van der Waals surface area contributed by atoms with Crippen LogP contribution in [0.25, 0.3) is 0 Å². The quantitative estimate of drug-likeness (QED) is 0.419. The highest BCUT2D eigenvalue weighted by Crippen LogP contribution is 2.46. The van der Waals surface area contributed by atoms with E-state index in [4.69, 9.17) is 0 Å². The van der Waals surface area contributed by atoms with Crippen molar-refractivity contribution in [2.75, 3.05) is 0 Å². The second-order valence-electron chi connectivity index (χ2n) is 11.6. The van der Waals surface area contributed by atoms with Gasteiger partial charge in [0.1, 0.15) is 5.82 Å². The first-order chi connectivity index (χ1) is 16.5. The molecule has 0 radical (unpaired) electrons. The second kappa shape index (κ2) is 10.5. The Labute approximate surface area is 203 Å². The summed E-state index contributed by atoms with van der Waals surface area (Å²) in [7, 11) is 0. The predicted octanol–water partition coefficient (Wildman–Crippen LogP) is 9.65. The molecule has 0 saturated heterocycles. The van der Waals surface area contributed by atoms with E-state index < -0.39 is 11.6 Å². The van der Waals surface area contributed by atoms with Crippen LogP contribution in [0.4, 0.5) is 13.2 Å². The van der Waals surface area contributed by atoms with Crippen molar-refractivity contribution in [2.45, 2.75) is 102 Å². The smallest absolute Gasteiger partial charge is 0.159 e. The Bertz CT molecular complexity index is 959. The van der Waals surface area contributed by atoms with E-state index in [9.17, 15) is 8.78 Å². The average Bonchev–Trinajstić information content (AvgIpc) is 2.86. The Balaban J connectivity index is 1.13. The van der Waals surface area contributed by atoms with Gasteiger partial charge in [-0.25, -0.2) is 13.2 Å². The normalized spacial score (nSPS) is 32.5. The van der Waals surface area contributed by atoms with E-state index in [2.05, 4.69) is 19.1 Å². The summed E-state index contributed by atoms with van der Waals surface area (Å²) in [6, 6.07) is 10.6. The van der Waals surface area contributed by atoms with Crippen LogP contribution in [-0.2, 0) is 0 Å². The van der Waals surface area contributed by atoms with Gasteiger partial charge >= 0.3 is 0 Å². The molecule has 0 bridgehead atoms. The molecule has 0 nitrogen and oxygen atoms in total. The molecule has 2 aromatic rings. The van der Waals surface area contributed by atoms with E-state index >= 15 is 4.39 Å². The zero-order valence-corrected chi connectivity index (χ0v) is 20.5. The molecule has 0 heterocycles. The highest BCUT2D eigenvalue weighted by molar-refractivity contribution is 5.30. The van der Waals surface area contributed by atoms with Gasteiger partial charge in [-0.15, -0.1) is 0 Å². The van der Waals surface area contributed by atoms with E-state index in [-0.39, 0.29) is 5.82 Å². The maximum atomic E-state index is 15.1. The molecule has 0 aliphatic heterocycles. The highest BCUT2D eigenvalue weighted by Gasteiger charge is 2.32. The lowest BCUT2D eigenvalue weighted by atomic mass is 9.67. The van der Waals surface area contributed by atoms with Crippen LogP contribution in [0.1, 0.15) is 118 Å². The Hall–Kier alpha value is -1.77. The molecule has 184 valence electrons. The first-order valence-electron chi connectivity index (χ1n) is 13.7. The Kier molecular flexibility index (Phi) is 7.37. The fourth-order valence-corrected chi connectivity index (χ4v) is 7.31. The van der Waals surface area contributed by atoms with Gasteiger partial charge < -0.3 is 0 Å². The highest BCUT2D eigenvalue weighted by atomic mass is 19.2. The fraction of sp³-hybridized carbons (Fsp3) is 0.613. The van der Waals surface area contributed by atoms with Gasteiger partial charge in [-0.3, -0.25) is 0 Å². The predicted molar refractivity (Wildman–Crippen MR) is 133 cm³/mol. The van der Waals surface area contributed by atoms with E-state index in [1.54, 1.807) is 6.07 Å². The van der Waals surface area contributed by atoms with Gasteiger partial charge in [-0.2, -0.15) is 0 Å². The van der Waals surface area contributed by atoms with Crippen LogP contribution in [-0.4, -0.2) is 0 Å². The summed E-state index contributed by atoms with van der Waals surface area (Å²) in [5, 5.41) is 0. The molecule has 0 aromatic heterocycles. The van der Waals surface area contributed by atoms with Gasteiger partial charge in [-0.1, -0.05) is 38.0 Å². The van der Waals surface area contributed by atoms with Gasteiger partial charge in [-0.05, 0) is 135 Å². The van der Waals surface area contributed by atoms with Crippen LogP contribution >= 0.6 is 0 Å². The van der Waals surface area contributed by atoms with Crippen molar-refractivity contribution in [3.05, 3.63) is 70.5 Å². The molecule has 3 saturated carbocycles. The third-order valence-electron chi connectivity index (χ3n) is 9.58. The minimum atomic E-state index is -0.760. The molecule has 3 fully saturated rings. The SMILES string of the molecule is CC1CCC(c2ccc(C3CCC(C4CCC(c5ccc(F)c(F)c5)CC4)CC3)c(F)c2)CC1. The molecule has 2 aromatic carbocycles. The second-order valence-corrected chi connectivity index (χ2v) is 11.6. The minimum Gasteiger partial charge on any atom is -0.207 e. The number of benzene rings is 2. The summed E-state index contributed by atoms with van der Waals surface area (Å²) in [4.78, 5) is 0. The zero-order chi connectivity index (χ0) is 23.7. The van der Waals surface area contributed by atoms with Crippen molar-refractivity contribution < 1.29 is 13.2 Å². The standard InChI is InChI=1S/C31H39F3/c1-20-2-4-23(5-3-20)26-14-16-28(30(33)18-26)25-12-10-22(11-13-25)21-6-8-24(9-7-21)27-15-17-29(32)31(34)19-27/h14-25H,2-13H2,1H3. The molecular weight excluding hydrogens is 429 g/mol. The van der Waals surface area contributed by atoms with Crippen LogP contribution in [0.15, 0.2) is 36.4 Å². The molecular formula is C31H39F3. The van der Waals surface area contributed by atoms with Crippen molar-refractivity contribution >= 4 is 0 Å². The lowest BCUT2D eigenvalue weighted by Crippen LogP contribution is -2.25. The van der Waals surface area contributed by atoms with Gasteiger partial charge in [0.2, 0.25) is 0 Å². The fourth-order valence-electron chi connectivity index (χ4n) is 7.31. The molecule has 5 rings (SSSR count). The number of hydrogen-bond acceptors (Lipinski definition) is 0. The van der Waals surface area contributed by atoms with Crippen LogP contribution in [0.3, 0.4) is 0 Å². The van der Waals surface area contributed by atoms with Gasteiger partial charge in [0.25, 0.3) is 0 Å². The van der Waals surface area contributed by atoms with Gasteiger partial charge in [0.15, 0.2) is 11.6 Å². The largest absolute Gasteiger partial charge is 0.207 e. The first kappa shape index (κ1) is 23.9. The molecule has 34 heavy (non-hydrogen) atoms. The molecule has 0 spiro atoms. The Morgan fingerprint density at radius 3 is 1.50 bits per heavy atom. The Morgan fingerprint density at radius 2 is 0.971 bits per heavy atom. The van der Waals surface area contributed by atoms with Crippen LogP contribution in [0.2, 0.25) is 0 Å². The summed E-state index contributed by atoms with van der Waals surface area (Å²) in [6.45, 7) is 2.33. The maximum Gasteiger partial charge on any atom is 0.159 e. The number of halogens is 3. The van der Waals surface area contributed by atoms with Crippen molar-refractivity contribution in [1.82, 2.24) is 0 Å². The monoisotopic (exact) mass is 468 g/mol. The third-order valence-corrected chi connectivity index (χ3v) is 9.58. The van der Waals surface area contributed by atoms with Gasteiger partial charge in [0, 0.05) is 0 Å². The van der Waals surface area contributed by atoms with Crippen LogP contribution < -0.4 is 0 Å². The van der Waals surface area contributed by atoms with Crippen molar-refractivity contribution in [2.24, 2.45) is 17.8 Å². The van der Waals surface area contributed by atoms with Crippen LogP contribution in [0, 0.1) is 35.2 Å². The lowest BCUT2D eigenvalue weighted by molar-refractivity contribution is 0.176. The van der Waals surface area contributed by atoms with E-state index in [0.717, 1.165) is 54.6 Å².